The van der Waals surface area contributed by atoms with E-state index in [2.05, 4.69) is 0 Å². The van der Waals surface area contributed by atoms with Crippen molar-refractivity contribution in [2.45, 2.75) is 73.4 Å². The molecule has 1 aromatic carbocycles. The summed E-state index contributed by atoms with van der Waals surface area (Å²) in [6, 6.07) is 7.84. The fourth-order valence-electron chi connectivity index (χ4n) is 0.693. The second-order valence-corrected chi connectivity index (χ2v) is 7.96. The summed E-state index contributed by atoms with van der Waals surface area (Å²) in [7, 11) is 0. The number of halogens is 4. The van der Waals surface area contributed by atoms with Gasteiger partial charge in [-0.3, -0.25) is 0 Å². The van der Waals surface area contributed by atoms with Crippen molar-refractivity contribution in [3.8, 4) is 0 Å². The van der Waals surface area contributed by atoms with Crippen LogP contribution >= 0.6 is 0 Å². The van der Waals surface area contributed by atoms with Crippen molar-refractivity contribution >= 4 is 0 Å². The molecule has 0 radical (unpaired) electrons. The van der Waals surface area contributed by atoms with Gasteiger partial charge in [-0.15, -0.1) is 0 Å². The van der Waals surface area contributed by atoms with Gasteiger partial charge in [-0.1, -0.05) is 29.8 Å². The van der Waals surface area contributed by atoms with Crippen LogP contribution in [0.2, 0.25) is 0 Å². The average Bonchev–Trinajstić information content (AvgIpc) is 2.35. The first-order valence-electron chi connectivity index (χ1n) is 7.99. The van der Waals surface area contributed by atoms with Crippen molar-refractivity contribution in [2.75, 3.05) is 0 Å². The predicted molar refractivity (Wildman–Crippen MR) is 93.6 cm³/mol. The number of aliphatic hydroxyl groups excluding tert-OH is 4. The van der Waals surface area contributed by atoms with E-state index in [1.807, 2.05) is 31.2 Å². The molecule has 0 aliphatic rings. The average molecular weight is 470 g/mol. The number of hydrogen-bond acceptors (Lipinski definition) is 4. The summed E-state index contributed by atoms with van der Waals surface area (Å²) in [5.74, 6) is 0. The van der Waals surface area contributed by atoms with Crippen LogP contribution in [-0.2, 0) is 29.3 Å². The Morgan fingerprint density at radius 2 is 0.923 bits per heavy atom. The maximum atomic E-state index is 9.90. The monoisotopic (exact) mass is 468 g/mol. The number of rotatable bonds is 1. The molecule has 0 aliphatic heterocycles. The van der Waals surface area contributed by atoms with E-state index in [0.717, 1.165) is 5.56 Å². The molecular weight excluding hydrogens is 435 g/mol. The Labute approximate surface area is 162 Å². The van der Waals surface area contributed by atoms with Crippen LogP contribution in [0.25, 0.3) is 0 Å². The molecule has 4 N–H and O–H groups in total. The van der Waals surface area contributed by atoms with Crippen LogP contribution in [0.5, 0.6) is 0 Å². The van der Waals surface area contributed by atoms with E-state index in [0.29, 0.717) is 0 Å². The Balaban J connectivity index is -0.000000124. The minimum absolute atomic E-state index is 0.139. The molecule has 0 amide bonds. The molecule has 0 fully saturated rings. The zero-order valence-corrected chi connectivity index (χ0v) is 19.0. The summed E-state index contributed by atoms with van der Waals surface area (Å²) < 4.78 is 39.6. The molecule has 1 rings (SSSR count). The molecule has 0 saturated carbocycles. The summed E-state index contributed by atoms with van der Waals surface area (Å²) in [6.07, 6.45) is -0.500. The van der Waals surface area contributed by atoms with Gasteiger partial charge in [0.15, 0.2) is 0 Å². The number of benzene rings is 1. The molecule has 1 aromatic rings. The molecule has 26 heavy (non-hydrogen) atoms. The van der Waals surface area contributed by atoms with Gasteiger partial charge in [0.05, 0.1) is 6.61 Å². The van der Waals surface area contributed by atoms with Crippen molar-refractivity contribution in [1.82, 2.24) is 0 Å². The van der Waals surface area contributed by atoms with E-state index < -0.39 is 22.7 Å². The SMILES string of the molecule is CC(C)O.CC(C)O.CC(C)O.Cc1ccc(CO)cc1.[F][Zr]([F])([F])[F]. The zero-order valence-electron chi connectivity index (χ0n) is 16.5. The van der Waals surface area contributed by atoms with Crippen LogP contribution in [0.4, 0.5) is 10.5 Å². The van der Waals surface area contributed by atoms with Gasteiger partial charge in [0.25, 0.3) is 0 Å². The Hall–Kier alpha value is -0.337. The van der Waals surface area contributed by atoms with Crippen molar-refractivity contribution in [3.05, 3.63) is 35.4 Å². The molecule has 0 aliphatic carbocycles. The molecule has 4 nitrogen and oxygen atoms in total. The molecule has 9 heteroatoms. The first-order chi connectivity index (χ1) is 11.5. The first kappa shape index (κ1) is 33.3. The molecule has 0 spiro atoms. The number of aryl methyl sites for hydroxylation is 1. The van der Waals surface area contributed by atoms with Gasteiger partial charge in [0.2, 0.25) is 0 Å². The predicted octanol–water partition coefficient (Wildman–Crippen LogP) is 4.33. The summed E-state index contributed by atoms with van der Waals surface area (Å²) in [4.78, 5) is 0. The molecule has 0 atom stereocenters. The Kier molecular flexibility index (Phi) is 26.8. The van der Waals surface area contributed by atoms with Crippen molar-refractivity contribution in [3.63, 3.8) is 0 Å². The second-order valence-electron chi connectivity index (χ2n) is 5.85. The van der Waals surface area contributed by atoms with E-state index in [-0.39, 0.29) is 24.9 Å². The zero-order chi connectivity index (χ0) is 21.9. The van der Waals surface area contributed by atoms with E-state index in [1.165, 1.54) is 5.56 Å². The standard InChI is InChI=1S/C8H10O.3C3H8O.4FH.Zr/c1-7-2-4-8(6-9)5-3-7;3*1-3(2)4;;;;;/h2-5,9H,6H2,1H3;3*3-4H,1-2H3;4*1H;/q;;;;;;;;+4/p-4. The van der Waals surface area contributed by atoms with E-state index in [1.54, 1.807) is 41.5 Å². The normalized spacial score (nSPS) is 9.77. The third-order valence-electron chi connectivity index (χ3n) is 1.30. The Morgan fingerprint density at radius 3 is 1.08 bits per heavy atom. The van der Waals surface area contributed by atoms with Crippen LogP contribution in [0.1, 0.15) is 52.7 Å². The van der Waals surface area contributed by atoms with Gasteiger partial charge in [0.1, 0.15) is 0 Å². The fourth-order valence-corrected chi connectivity index (χ4v) is 0.693. The molecular formula is C17H34F4O4Zr. The maximum absolute atomic E-state index is 9.90. The summed E-state index contributed by atoms with van der Waals surface area (Å²) in [5, 5.41) is 32.8. The van der Waals surface area contributed by atoms with E-state index in [4.69, 9.17) is 20.4 Å². The van der Waals surface area contributed by atoms with Crippen LogP contribution in [0, 0.1) is 6.92 Å². The Morgan fingerprint density at radius 1 is 0.731 bits per heavy atom. The summed E-state index contributed by atoms with van der Waals surface area (Å²) >= 11 is -7.18. The van der Waals surface area contributed by atoms with E-state index in [9.17, 15) is 10.5 Å². The van der Waals surface area contributed by atoms with Crippen LogP contribution in [0.3, 0.4) is 0 Å². The van der Waals surface area contributed by atoms with Gasteiger partial charge < -0.3 is 20.4 Å². The first-order valence-corrected chi connectivity index (χ1v) is 11.7. The third-order valence-corrected chi connectivity index (χ3v) is 1.30. The van der Waals surface area contributed by atoms with Crippen molar-refractivity contribution < 1.29 is 53.6 Å². The van der Waals surface area contributed by atoms with Crippen LogP contribution in [0.15, 0.2) is 24.3 Å². The number of hydrogen-bond donors (Lipinski definition) is 4. The Bertz CT molecular complexity index is 355. The quantitative estimate of drug-likeness (QED) is 0.462. The molecule has 0 bridgehead atoms. The molecule has 0 saturated heterocycles. The van der Waals surface area contributed by atoms with E-state index >= 15 is 0 Å². The number of aliphatic hydroxyl groups is 4. The van der Waals surface area contributed by atoms with Gasteiger partial charge >= 0.3 is 33.2 Å². The van der Waals surface area contributed by atoms with Gasteiger partial charge in [-0.2, -0.15) is 0 Å². The molecule has 0 heterocycles. The van der Waals surface area contributed by atoms with Crippen molar-refractivity contribution in [2.24, 2.45) is 0 Å². The van der Waals surface area contributed by atoms with Crippen LogP contribution in [-0.4, -0.2) is 38.7 Å². The third kappa shape index (κ3) is 89.3. The fraction of sp³-hybridized carbons (Fsp3) is 0.647. The molecule has 158 valence electrons. The van der Waals surface area contributed by atoms with Crippen LogP contribution < -0.4 is 0 Å². The van der Waals surface area contributed by atoms with Gasteiger partial charge in [-0.05, 0) is 54.0 Å². The molecule has 0 unspecified atom stereocenters. The van der Waals surface area contributed by atoms with Gasteiger partial charge in [0, 0.05) is 18.3 Å². The minimum atomic E-state index is -7.18. The summed E-state index contributed by atoms with van der Waals surface area (Å²) in [5.41, 5.74) is 2.20. The topological polar surface area (TPSA) is 80.9 Å². The molecule has 0 aromatic heterocycles. The van der Waals surface area contributed by atoms with Crippen molar-refractivity contribution in [1.29, 1.82) is 0 Å². The summed E-state index contributed by atoms with van der Waals surface area (Å²) in [6.45, 7) is 12.5. The van der Waals surface area contributed by atoms with Gasteiger partial charge in [-0.25, -0.2) is 0 Å². The second kappa shape index (κ2) is 21.0.